The number of rotatable bonds is 3. The van der Waals surface area contributed by atoms with Gasteiger partial charge in [0.2, 0.25) is 5.91 Å². The number of carbonyl (C=O) groups excluding carboxylic acids is 1. The summed E-state index contributed by atoms with van der Waals surface area (Å²) in [7, 11) is 0. The van der Waals surface area contributed by atoms with Crippen LogP contribution in [0.25, 0.3) is 0 Å². The minimum atomic E-state index is -0.411. The number of benzene rings is 1. The van der Waals surface area contributed by atoms with E-state index in [0.717, 1.165) is 26.2 Å². The monoisotopic (exact) mass is 347 g/mol. The van der Waals surface area contributed by atoms with E-state index in [9.17, 15) is 4.79 Å². The predicted molar refractivity (Wildman–Crippen MR) is 95.7 cm³/mol. The first kappa shape index (κ1) is 21.2. The Morgan fingerprint density at radius 3 is 2.32 bits per heavy atom. The molecule has 0 spiro atoms. The first-order chi connectivity index (χ1) is 9.40. The van der Waals surface area contributed by atoms with Crippen molar-refractivity contribution in [3.05, 3.63) is 35.9 Å². The van der Waals surface area contributed by atoms with Gasteiger partial charge in [0.15, 0.2) is 0 Å². The van der Waals surface area contributed by atoms with Gasteiger partial charge in [-0.1, -0.05) is 30.3 Å². The molecule has 4 nitrogen and oxygen atoms in total. The molecule has 22 heavy (non-hydrogen) atoms. The van der Waals surface area contributed by atoms with E-state index in [1.165, 1.54) is 5.56 Å². The summed E-state index contributed by atoms with van der Waals surface area (Å²) in [6, 6.07) is 10.1. The topological polar surface area (TPSA) is 49.6 Å². The van der Waals surface area contributed by atoms with Crippen molar-refractivity contribution in [2.24, 2.45) is 5.73 Å². The third-order valence-corrected chi connectivity index (χ3v) is 3.99. The Hall–Kier alpha value is -0.810. The van der Waals surface area contributed by atoms with Gasteiger partial charge in [0.05, 0.1) is 6.04 Å². The van der Waals surface area contributed by atoms with Crippen LogP contribution in [-0.4, -0.2) is 46.9 Å². The van der Waals surface area contributed by atoms with Crippen molar-refractivity contribution in [3.63, 3.8) is 0 Å². The van der Waals surface area contributed by atoms with Gasteiger partial charge in [0.25, 0.3) is 0 Å². The van der Waals surface area contributed by atoms with E-state index in [2.05, 4.69) is 43.0 Å². The van der Waals surface area contributed by atoms with E-state index in [-0.39, 0.29) is 36.3 Å². The van der Waals surface area contributed by atoms with Crippen LogP contribution >= 0.6 is 24.8 Å². The fourth-order valence-corrected chi connectivity index (χ4v) is 2.76. The largest absolute Gasteiger partial charge is 0.338 e. The first-order valence-electron chi connectivity index (χ1n) is 7.23. The van der Waals surface area contributed by atoms with Crippen LogP contribution in [0.5, 0.6) is 0 Å². The highest BCUT2D eigenvalue weighted by molar-refractivity contribution is 5.85. The van der Waals surface area contributed by atoms with Gasteiger partial charge in [-0.05, 0) is 26.3 Å². The summed E-state index contributed by atoms with van der Waals surface area (Å²) < 4.78 is 0. The lowest BCUT2D eigenvalue weighted by Gasteiger charge is -2.47. The van der Waals surface area contributed by atoms with Crippen molar-refractivity contribution >= 4 is 30.7 Å². The lowest BCUT2D eigenvalue weighted by Crippen LogP contribution is -2.61. The number of amides is 1. The van der Waals surface area contributed by atoms with Crippen molar-refractivity contribution in [2.75, 3.05) is 19.6 Å². The van der Waals surface area contributed by atoms with Crippen molar-refractivity contribution in [1.82, 2.24) is 9.80 Å². The Balaban J connectivity index is 0.00000220. The van der Waals surface area contributed by atoms with Crippen LogP contribution in [0.3, 0.4) is 0 Å². The summed E-state index contributed by atoms with van der Waals surface area (Å²) in [5, 5.41) is 0. The maximum Gasteiger partial charge on any atom is 0.239 e. The molecule has 1 saturated heterocycles. The molecule has 1 atom stereocenters. The maximum atomic E-state index is 12.0. The molecule has 0 bridgehead atoms. The van der Waals surface area contributed by atoms with Gasteiger partial charge in [-0.2, -0.15) is 0 Å². The third kappa shape index (κ3) is 5.13. The second-order valence-electron chi connectivity index (χ2n) is 6.27. The van der Waals surface area contributed by atoms with Gasteiger partial charge >= 0.3 is 0 Å². The summed E-state index contributed by atoms with van der Waals surface area (Å²) in [6.07, 6.45) is 0. The van der Waals surface area contributed by atoms with Gasteiger partial charge in [0, 0.05) is 31.7 Å². The number of piperazine rings is 1. The Labute approximate surface area is 145 Å². The smallest absolute Gasteiger partial charge is 0.239 e. The Morgan fingerprint density at radius 1 is 1.23 bits per heavy atom. The maximum absolute atomic E-state index is 12.0. The van der Waals surface area contributed by atoms with Crippen LogP contribution in [0.4, 0.5) is 0 Å². The van der Waals surface area contributed by atoms with Crippen LogP contribution in [0.2, 0.25) is 0 Å². The molecule has 0 saturated carbocycles. The van der Waals surface area contributed by atoms with Gasteiger partial charge in [-0.15, -0.1) is 24.8 Å². The van der Waals surface area contributed by atoms with E-state index in [0.29, 0.717) is 0 Å². The molecule has 1 aromatic rings. The highest BCUT2D eigenvalue weighted by atomic mass is 35.5. The van der Waals surface area contributed by atoms with Crippen LogP contribution < -0.4 is 5.73 Å². The summed E-state index contributed by atoms with van der Waals surface area (Å²) >= 11 is 0. The predicted octanol–water partition coefficient (Wildman–Crippen LogP) is 2.30. The van der Waals surface area contributed by atoms with E-state index in [1.807, 2.05) is 11.0 Å². The van der Waals surface area contributed by atoms with E-state index >= 15 is 0 Å². The van der Waals surface area contributed by atoms with Crippen LogP contribution in [0.15, 0.2) is 30.3 Å². The number of halogens is 2. The summed E-state index contributed by atoms with van der Waals surface area (Å²) in [6.45, 7) is 9.45. The minimum Gasteiger partial charge on any atom is -0.338 e. The molecular formula is C16H27Cl2N3O. The number of hydrogen-bond acceptors (Lipinski definition) is 3. The molecule has 6 heteroatoms. The zero-order valence-electron chi connectivity index (χ0n) is 13.5. The highest BCUT2D eigenvalue weighted by Gasteiger charge is 2.35. The molecule has 1 aromatic carbocycles. The Bertz CT molecular complexity index is 466. The van der Waals surface area contributed by atoms with E-state index in [4.69, 9.17) is 5.73 Å². The molecule has 0 radical (unpaired) electrons. The lowest BCUT2D eigenvalue weighted by molar-refractivity contribution is -0.137. The summed E-state index contributed by atoms with van der Waals surface area (Å²) in [4.78, 5) is 16.4. The standard InChI is InChI=1S/C16H25N3O.2ClH/c1-13(17)15(20)18-9-10-19(16(2,3)12-18)11-14-7-5-4-6-8-14;;/h4-8,13H,9-12,17H2,1-3H3;2*1H/t13-;;/m1../s1. The van der Waals surface area contributed by atoms with Crippen molar-refractivity contribution in [2.45, 2.75) is 38.9 Å². The van der Waals surface area contributed by atoms with Gasteiger partial charge in [-0.25, -0.2) is 0 Å². The molecule has 1 fully saturated rings. The molecule has 1 aliphatic rings. The average Bonchev–Trinajstić information content (AvgIpc) is 2.41. The summed E-state index contributed by atoms with van der Waals surface area (Å²) in [5.41, 5.74) is 6.99. The van der Waals surface area contributed by atoms with Crippen molar-refractivity contribution < 1.29 is 4.79 Å². The van der Waals surface area contributed by atoms with Gasteiger partial charge in [-0.3, -0.25) is 9.69 Å². The minimum absolute atomic E-state index is 0. The second-order valence-corrected chi connectivity index (χ2v) is 6.27. The Kier molecular flexibility index (Phi) is 8.40. The molecule has 0 unspecified atom stereocenters. The molecule has 0 aromatic heterocycles. The molecule has 2 N–H and O–H groups in total. The van der Waals surface area contributed by atoms with Crippen LogP contribution in [0, 0.1) is 0 Å². The fourth-order valence-electron chi connectivity index (χ4n) is 2.76. The third-order valence-electron chi connectivity index (χ3n) is 3.99. The zero-order chi connectivity index (χ0) is 14.8. The molecule has 126 valence electrons. The summed E-state index contributed by atoms with van der Waals surface area (Å²) in [5.74, 6) is 0.0532. The molecular weight excluding hydrogens is 321 g/mol. The number of carbonyl (C=O) groups is 1. The quantitative estimate of drug-likeness (QED) is 0.912. The lowest BCUT2D eigenvalue weighted by atomic mass is 9.97. The molecule has 1 amide bonds. The van der Waals surface area contributed by atoms with Gasteiger partial charge in [0.1, 0.15) is 0 Å². The Morgan fingerprint density at radius 2 is 1.82 bits per heavy atom. The van der Waals surface area contributed by atoms with Crippen molar-refractivity contribution in [1.29, 1.82) is 0 Å². The van der Waals surface area contributed by atoms with Crippen molar-refractivity contribution in [3.8, 4) is 0 Å². The number of hydrogen-bond donors (Lipinski definition) is 1. The molecule has 1 aliphatic heterocycles. The molecule has 2 rings (SSSR count). The zero-order valence-corrected chi connectivity index (χ0v) is 15.1. The molecule has 1 heterocycles. The first-order valence-corrected chi connectivity index (χ1v) is 7.23. The van der Waals surface area contributed by atoms with E-state index in [1.54, 1.807) is 6.92 Å². The van der Waals surface area contributed by atoms with Gasteiger partial charge < -0.3 is 10.6 Å². The molecule has 0 aliphatic carbocycles. The highest BCUT2D eigenvalue weighted by Crippen LogP contribution is 2.23. The SMILES string of the molecule is C[C@@H](N)C(=O)N1CCN(Cc2ccccc2)C(C)(C)C1.Cl.Cl. The number of nitrogens with zero attached hydrogens (tertiary/aromatic N) is 2. The fraction of sp³-hybridized carbons (Fsp3) is 0.562. The normalized spacial score (nSPS) is 18.8. The average molecular weight is 348 g/mol. The van der Waals surface area contributed by atoms with E-state index < -0.39 is 6.04 Å². The second kappa shape index (κ2) is 8.73. The van der Waals surface area contributed by atoms with Crippen LogP contribution in [0.1, 0.15) is 26.3 Å². The number of nitrogens with two attached hydrogens (primary N) is 1. The van der Waals surface area contributed by atoms with Crippen LogP contribution in [-0.2, 0) is 11.3 Å².